The van der Waals surface area contributed by atoms with Gasteiger partial charge in [0.2, 0.25) is 0 Å². The molecule has 1 aliphatic rings. The van der Waals surface area contributed by atoms with Crippen LogP contribution in [0, 0.1) is 0 Å². The van der Waals surface area contributed by atoms with E-state index in [1.807, 2.05) is 12.1 Å². The molecule has 1 heterocycles. The van der Waals surface area contributed by atoms with E-state index < -0.39 is 0 Å². The minimum Gasteiger partial charge on any atom is -0.494 e. The second-order valence-electron chi connectivity index (χ2n) is 5.76. The molecule has 0 saturated carbocycles. The molecule has 2 rings (SSSR count). The van der Waals surface area contributed by atoms with Crippen molar-refractivity contribution >= 4 is 0 Å². The Labute approximate surface area is 128 Å². The Balaban J connectivity index is 1.81. The van der Waals surface area contributed by atoms with Crippen LogP contribution in [0.25, 0.3) is 0 Å². The number of piperidine rings is 1. The van der Waals surface area contributed by atoms with Gasteiger partial charge in [-0.15, -0.1) is 0 Å². The Hall–Kier alpha value is -1.10. The molecule has 0 bridgehead atoms. The van der Waals surface area contributed by atoms with Crippen LogP contribution in [0.5, 0.6) is 5.75 Å². The average molecular weight is 292 g/mol. The molecule has 1 aromatic rings. The van der Waals surface area contributed by atoms with Crippen molar-refractivity contribution in [3.63, 3.8) is 0 Å². The predicted molar refractivity (Wildman–Crippen MR) is 85.6 cm³/mol. The third-order valence-electron chi connectivity index (χ3n) is 4.10. The average Bonchev–Trinajstić information content (AvgIpc) is 2.54. The van der Waals surface area contributed by atoms with E-state index >= 15 is 0 Å². The van der Waals surface area contributed by atoms with Gasteiger partial charge in [0.15, 0.2) is 0 Å². The molecule has 0 amide bonds. The lowest BCUT2D eigenvalue weighted by Crippen LogP contribution is -2.40. The highest BCUT2D eigenvalue weighted by molar-refractivity contribution is 5.29. The van der Waals surface area contributed by atoms with Gasteiger partial charge in [0.25, 0.3) is 0 Å². The van der Waals surface area contributed by atoms with Crippen molar-refractivity contribution in [1.29, 1.82) is 0 Å². The summed E-state index contributed by atoms with van der Waals surface area (Å²) in [4.78, 5) is 2.43. The van der Waals surface area contributed by atoms with Crippen LogP contribution in [0.2, 0.25) is 0 Å². The van der Waals surface area contributed by atoms with Gasteiger partial charge in [-0.25, -0.2) is 0 Å². The lowest BCUT2D eigenvalue weighted by atomic mass is 10.0. The lowest BCUT2D eigenvalue weighted by Gasteiger charge is -2.32. The molecule has 1 atom stereocenters. The maximum atomic E-state index is 6.33. The normalized spacial score (nSPS) is 18.6. The monoisotopic (exact) mass is 292 g/mol. The summed E-state index contributed by atoms with van der Waals surface area (Å²) in [5.41, 5.74) is 7.50. The Kier molecular flexibility index (Phi) is 6.49. The number of rotatable bonds is 7. The molecule has 21 heavy (non-hydrogen) atoms. The fourth-order valence-electron chi connectivity index (χ4n) is 2.74. The minimum absolute atomic E-state index is 0.0596. The van der Waals surface area contributed by atoms with Crippen molar-refractivity contribution in [3.05, 3.63) is 29.8 Å². The van der Waals surface area contributed by atoms with Crippen LogP contribution in [0.3, 0.4) is 0 Å². The summed E-state index contributed by atoms with van der Waals surface area (Å²) in [6, 6.07) is 8.25. The number of benzene rings is 1. The van der Waals surface area contributed by atoms with Crippen LogP contribution in [0.4, 0.5) is 0 Å². The highest BCUT2D eigenvalue weighted by atomic mass is 16.5. The second-order valence-corrected chi connectivity index (χ2v) is 5.76. The first-order valence-electron chi connectivity index (χ1n) is 7.96. The fraction of sp³-hybridized carbons (Fsp3) is 0.647. The number of hydrogen-bond acceptors (Lipinski definition) is 4. The largest absolute Gasteiger partial charge is 0.494 e. The number of likely N-dealkylation sites (tertiary alicyclic amines) is 1. The molecule has 1 saturated heterocycles. The van der Waals surface area contributed by atoms with Crippen LogP contribution < -0.4 is 10.5 Å². The maximum Gasteiger partial charge on any atom is 0.119 e. The fourth-order valence-corrected chi connectivity index (χ4v) is 2.74. The van der Waals surface area contributed by atoms with Crippen molar-refractivity contribution < 1.29 is 9.47 Å². The molecule has 1 fully saturated rings. The van der Waals surface area contributed by atoms with Gasteiger partial charge >= 0.3 is 0 Å². The summed E-state index contributed by atoms with van der Waals surface area (Å²) >= 11 is 0. The zero-order valence-electron chi connectivity index (χ0n) is 13.3. The number of hydrogen-bond donors (Lipinski definition) is 1. The van der Waals surface area contributed by atoms with Gasteiger partial charge in [0, 0.05) is 32.8 Å². The molecule has 1 unspecified atom stereocenters. The molecular weight excluding hydrogens is 264 g/mol. The first kappa shape index (κ1) is 16.3. The van der Waals surface area contributed by atoms with Crippen molar-refractivity contribution in [3.8, 4) is 5.75 Å². The highest BCUT2D eigenvalue weighted by Crippen LogP contribution is 2.20. The summed E-state index contributed by atoms with van der Waals surface area (Å²) in [5, 5.41) is 0. The van der Waals surface area contributed by atoms with E-state index in [9.17, 15) is 0 Å². The summed E-state index contributed by atoms with van der Waals surface area (Å²) in [6.45, 7) is 5.93. The SMILES string of the molecule is CCCOc1ccc(C(N)CN2CCC(OC)CC2)cc1. The van der Waals surface area contributed by atoms with Crippen LogP contribution >= 0.6 is 0 Å². The second kappa shape index (κ2) is 8.37. The lowest BCUT2D eigenvalue weighted by molar-refractivity contribution is 0.0395. The molecule has 0 aliphatic carbocycles. The number of nitrogens with zero attached hydrogens (tertiary/aromatic N) is 1. The molecule has 1 aromatic carbocycles. The molecule has 0 radical (unpaired) electrons. The summed E-state index contributed by atoms with van der Waals surface area (Å²) < 4.78 is 11.0. The van der Waals surface area contributed by atoms with Crippen LogP contribution in [0.15, 0.2) is 24.3 Å². The molecule has 1 aliphatic heterocycles. The molecule has 118 valence electrons. The van der Waals surface area contributed by atoms with Crippen molar-refractivity contribution in [1.82, 2.24) is 4.90 Å². The van der Waals surface area contributed by atoms with E-state index in [2.05, 4.69) is 24.0 Å². The van der Waals surface area contributed by atoms with E-state index in [1.165, 1.54) is 5.56 Å². The Bertz CT molecular complexity index is 400. The molecule has 0 spiro atoms. The summed E-state index contributed by atoms with van der Waals surface area (Å²) in [6.07, 6.45) is 3.66. The first-order valence-corrected chi connectivity index (χ1v) is 7.96. The van der Waals surface area contributed by atoms with E-state index in [0.717, 1.165) is 51.3 Å². The highest BCUT2D eigenvalue weighted by Gasteiger charge is 2.20. The molecule has 4 nitrogen and oxygen atoms in total. The Morgan fingerprint density at radius 2 is 1.90 bits per heavy atom. The third kappa shape index (κ3) is 4.99. The smallest absolute Gasteiger partial charge is 0.119 e. The van der Waals surface area contributed by atoms with E-state index in [-0.39, 0.29) is 6.04 Å². The molecular formula is C17H28N2O2. The number of methoxy groups -OCH3 is 1. The van der Waals surface area contributed by atoms with Crippen LogP contribution in [-0.4, -0.2) is 44.4 Å². The molecule has 2 N–H and O–H groups in total. The topological polar surface area (TPSA) is 47.7 Å². The van der Waals surface area contributed by atoms with Crippen molar-refractivity contribution in [2.75, 3.05) is 33.4 Å². The molecule has 0 aromatic heterocycles. The zero-order valence-corrected chi connectivity index (χ0v) is 13.3. The van der Waals surface area contributed by atoms with Gasteiger partial charge in [-0.05, 0) is 37.0 Å². The Morgan fingerprint density at radius 1 is 1.24 bits per heavy atom. The molecule has 4 heteroatoms. The van der Waals surface area contributed by atoms with Gasteiger partial charge in [-0.2, -0.15) is 0 Å². The van der Waals surface area contributed by atoms with Gasteiger partial charge in [0.05, 0.1) is 12.7 Å². The van der Waals surface area contributed by atoms with E-state index in [0.29, 0.717) is 6.10 Å². The van der Waals surface area contributed by atoms with Gasteiger partial charge in [-0.3, -0.25) is 0 Å². The number of nitrogens with two attached hydrogens (primary N) is 1. The van der Waals surface area contributed by atoms with Gasteiger partial charge in [-0.1, -0.05) is 19.1 Å². The predicted octanol–water partition coefficient (Wildman–Crippen LogP) is 2.59. The van der Waals surface area contributed by atoms with Crippen LogP contribution in [0.1, 0.15) is 37.8 Å². The maximum absolute atomic E-state index is 6.33. The van der Waals surface area contributed by atoms with E-state index in [4.69, 9.17) is 15.2 Å². The van der Waals surface area contributed by atoms with Crippen LogP contribution in [-0.2, 0) is 4.74 Å². The van der Waals surface area contributed by atoms with Gasteiger partial charge < -0.3 is 20.1 Å². The van der Waals surface area contributed by atoms with Crippen molar-refractivity contribution in [2.45, 2.75) is 38.3 Å². The van der Waals surface area contributed by atoms with Crippen molar-refractivity contribution in [2.24, 2.45) is 5.73 Å². The van der Waals surface area contributed by atoms with E-state index in [1.54, 1.807) is 7.11 Å². The summed E-state index contributed by atoms with van der Waals surface area (Å²) in [7, 11) is 1.80. The third-order valence-corrected chi connectivity index (χ3v) is 4.10. The summed E-state index contributed by atoms with van der Waals surface area (Å²) in [5.74, 6) is 0.925. The first-order chi connectivity index (χ1) is 10.2. The van der Waals surface area contributed by atoms with Gasteiger partial charge in [0.1, 0.15) is 5.75 Å². The zero-order chi connectivity index (χ0) is 15.1. The standard InChI is InChI=1S/C17H28N2O2/c1-3-12-21-16-6-4-14(5-7-16)17(18)13-19-10-8-15(20-2)9-11-19/h4-7,15,17H,3,8-13,18H2,1-2H3. The Morgan fingerprint density at radius 3 is 2.48 bits per heavy atom. The minimum atomic E-state index is 0.0596. The number of ether oxygens (including phenoxy) is 2. The quantitative estimate of drug-likeness (QED) is 0.839.